The van der Waals surface area contributed by atoms with E-state index in [9.17, 15) is 4.79 Å². The number of aryl methyl sites for hydroxylation is 2. The van der Waals surface area contributed by atoms with Crippen molar-refractivity contribution in [2.75, 3.05) is 11.9 Å². The van der Waals surface area contributed by atoms with E-state index in [1.807, 2.05) is 13.0 Å². The maximum absolute atomic E-state index is 12.0. The molecule has 0 atom stereocenters. The lowest BCUT2D eigenvalue weighted by molar-refractivity contribution is 0.566. The quantitative estimate of drug-likeness (QED) is 0.778. The van der Waals surface area contributed by atoms with Gasteiger partial charge in [-0.25, -0.2) is 4.68 Å². The average molecular weight is 350 g/mol. The Kier molecular flexibility index (Phi) is 5.99. The topological polar surface area (TPSA) is 46.9 Å². The first-order chi connectivity index (χ1) is 10.2. The van der Waals surface area contributed by atoms with E-state index in [0.717, 1.165) is 31.5 Å². The minimum atomic E-state index is -0.0788. The van der Waals surface area contributed by atoms with E-state index >= 15 is 0 Å². The van der Waals surface area contributed by atoms with Crippen molar-refractivity contribution in [3.63, 3.8) is 0 Å². The van der Waals surface area contributed by atoms with Crippen molar-refractivity contribution in [1.29, 1.82) is 0 Å². The van der Waals surface area contributed by atoms with E-state index in [1.54, 1.807) is 6.20 Å². The molecule has 4 nitrogen and oxygen atoms in total. The molecule has 0 spiro atoms. The van der Waals surface area contributed by atoms with E-state index in [-0.39, 0.29) is 5.56 Å². The van der Waals surface area contributed by atoms with Crippen LogP contribution in [0.5, 0.6) is 0 Å². The molecule has 0 saturated heterocycles. The van der Waals surface area contributed by atoms with E-state index in [1.165, 1.54) is 10.2 Å². The van der Waals surface area contributed by atoms with Crippen LogP contribution in [0.15, 0.2) is 45.8 Å². The molecule has 0 fully saturated rings. The SMILES string of the molecule is CCCn1ncc(NCCCc2ccccc2)c(Br)c1=O. The molecule has 0 unspecified atom stereocenters. The van der Waals surface area contributed by atoms with Gasteiger partial charge in [0.1, 0.15) is 4.47 Å². The number of hydrogen-bond donors (Lipinski definition) is 1. The minimum absolute atomic E-state index is 0.0788. The van der Waals surface area contributed by atoms with Crippen molar-refractivity contribution in [3.8, 4) is 0 Å². The van der Waals surface area contributed by atoms with Crippen molar-refractivity contribution in [1.82, 2.24) is 9.78 Å². The fourth-order valence-corrected chi connectivity index (χ4v) is 2.57. The van der Waals surface area contributed by atoms with Gasteiger partial charge in [0.15, 0.2) is 0 Å². The number of hydrogen-bond acceptors (Lipinski definition) is 3. The lowest BCUT2D eigenvalue weighted by Crippen LogP contribution is -2.24. The normalized spacial score (nSPS) is 10.6. The summed E-state index contributed by atoms with van der Waals surface area (Å²) in [5, 5.41) is 7.45. The Bertz CT molecular complexity index is 625. The molecule has 0 radical (unpaired) electrons. The van der Waals surface area contributed by atoms with E-state index in [2.05, 4.69) is 50.6 Å². The van der Waals surface area contributed by atoms with Crippen LogP contribution in [-0.4, -0.2) is 16.3 Å². The molecule has 2 rings (SSSR count). The lowest BCUT2D eigenvalue weighted by atomic mass is 10.1. The van der Waals surface area contributed by atoms with Crippen molar-refractivity contribution in [2.45, 2.75) is 32.7 Å². The van der Waals surface area contributed by atoms with Gasteiger partial charge >= 0.3 is 0 Å². The largest absolute Gasteiger partial charge is 0.383 e. The first-order valence-electron chi connectivity index (χ1n) is 7.25. The van der Waals surface area contributed by atoms with Crippen molar-refractivity contribution in [2.24, 2.45) is 0 Å². The zero-order valence-corrected chi connectivity index (χ0v) is 13.8. The number of rotatable bonds is 7. The van der Waals surface area contributed by atoms with Crippen LogP contribution < -0.4 is 10.9 Å². The fourth-order valence-electron chi connectivity index (χ4n) is 2.12. The van der Waals surface area contributed by atoms with Crippen LogP contribution in [0.4, 0.5) is 5.69 Å². The van der Waals surface area contributed by atoms with Crippen molar-refractivity contribution >= 4 is 21.6 Å². The molecule has 0 saturated carbocycles. The Balaban J connectivity index is 1.89. The standard InChI is InChI=1S/C16H20BrN3O/c1-2-11-20-16(21)15(17)14(12-19-20)18-10-6-9-13-7-4-3-5-8-13/h3-5,7-8,12,18H,2,6,9-11H2,1H3. The summed E-state index contributed by atoms with van der Waals surface area (Å²) in [6, 6.07) is 10.4. The lowest BCUT2D eigenvalue weighted by Gasteiger charge is -2.10. The third-order valence-electron chi connectivity index (χ3n) is 3.22. The molecule has 0 aliphatic carbocycles. The third-order valence-corrected chi connectivity index (χ3v) is 3.99. The third kappa shape index (κ3) is 4.43. The molecule has 1 heterocycles. The summed E-state index contributed by atoms with van der Waals surface area (Å²) in [4.78, 5) is 12.0. The molecule has 5 heteroatoms. The Morgan fingerprint density at radius 3 is 2.76 bits per heavy atom. The van der Waals surface area contributed by atoms with Gasteiger partial charge in [0, 0.05) is 13.1 Å². The zero-order valence-electron chi connectivity index (χ0n) is 12.2. The van der Waals surface area contributed by atoms with E-state index < -0.39 is 0 Å². The molecule has 0 amide bonds. The number of anilines is 1. The van der Waals surface area contributed by atoms with Gasteiger partial charge in [-0.3, -0.25) is 4.79 Å². The summed E-state index contributed by atoms with van der Waals surface area (Å²) < 4.78 is 2.05. The molecule has 1 aromatic carbocycles. The molecule has 2 aromatic rings. The second-order valence-corrected chi connectivity index (χ2v) is 5.71. The van der Waals surface area contributed by atoms with Crippen molar-refractivity contribution < 1.29 is 0 Å². The van der Waals surface area contributed by atoms with Gasteiger partial charge < -0.3 is 5.32 Å². The molecule has 0 aliphatic rings. The number of nitrogens with one attached hydrogen (secondary N) is 1. The van der Waals surface area contributed by atoms with E-state index in [0.29, 0.717) is 11.0 Å². The van der Waals surface area contributed by atoms with Crippen LogP contribution in [0.25, 0.3) is 0 Å². The van der Waals surface area contributed by atoms with Crippen LogP contribution in [-0.2, 0) is 13.0 Å². The van der Waals surface area contributed by atoms with Gasteiger partial charge in [-0.2, -0.15) is 5.10 Å². The van der Waals surface area contributed by atoms with Crippen LogP contribution in [0.1, 0.15) is 25.3 Å². The maximum atomic E-state index is 12.0. The highest BCUT2D eigenvalue weighted by Crippen LogP contribution is 2.16. The molecule has 21 heavy (non-hydrogen) atoms. The Labute approximate surface area is 133 Å². The van der Waals surface area contributed by atoms with Crippen molar-refractivity contribution in [3.05, 3.63) is 56.9 Å². The van der Waals surface area contributed by atoms with Gasteiger partial charge in [-0.1, -0.05) is 37.3 Å². The number of benzene rings is 1. The van der Waals surface area contributed by atoms with Gasteiger partial charge in [0.25, 0.3) is 5.56 Å². The highest BCUT2D eigenvalue weighted by atomic mass is 79.9. The average Bonchev–Trinajstić information content (AvgIpc) is 2.51. The number of aromatic nitrogens is 2. The molecule has 1 aromatic heterocycles. The van der Waals surface area contributed by atoms with Crippen LogP contribution in [0, 0.1) is 0 Å². The Morgan fingerprint density at radius 2 is 2.05 bits per heavy atom. The monoisotopic (exact) mass is 349 g/mol. The van der Waals surface area contributed by atoms with Gasteiger partial charge in [-0.15, -0.1) is 0 Å². The van der Waals surface area contributed by atoms with E-state index in [4.69, 9.17) is 0 Å². The summed E-state index contributed by atoms with van der Waals surface area (Å²) in [7, 11) is 0. The Morgan fingerprint density at radius 1 is 1.29 bits per heavy atom. The smallest absolute Gasteiger partial charge is 0.283 e. The molecule has 112 valence electrons. The number of nitrogens with zero attached hydrogens (tertiary/aromatic N) is 2. The van der Waals surface area contributed by atoms with Gasteiger partial charge in [0.05, 0.1) is 11.9 Å². The molecule has 0 aliphatic heterocycles. The molecule has 1 N–H and O–H groups in total. The summed E-state index contributed by atoms with van der Waals surface area (Å²) in [6.07, 6.45) is 4.63. The minimum Gasteiger partial charge on any atom is -0.383 e. The van der Waals surface area contributed by atoms with Crippen LogP contribution in [0.3, 0.4) is 0 Å². The fraction of sp³-hybridized carbons (Fsp3) is 0.375. The molecule has 0 bridgehead atoms. The Hall–Kier alpha value is -1.62. The molecular weight excluding hydrogens is 330 g/mol. The van der Waals surface area contributed by atoms with Crippen LogP contribution >= 0.6 is 15.9 Å². The molecular formula is C16H20BrN3O. The predicted octanol–water partition coefficient (Wildman–Crippen LogP) is 3.46. The highest BCUT2D eigenvalue weighted by Gasteiger charge is 2.07. The number of halogens is 1. The maximum Gasteiger partial charge on any atom is 0.283 e. The zero-order chi connectivity index (χ0) is 15.1. The summed E-state index contributed by atoms with van der Waals surface area (Å²) in [6.45, 7) is 3.48. The second-order valence-electron chi connectivity index (χ2n) is 4.92. The highest BCUT2D eigenvalue weighted by molar-refractivity contribution is 9.10. The summed E-state index contributed by atoms with van der Waals surface area (Å²) in [5.74, 6) is 0. The first kappa shape index (κ1) is 15.8. The second kappa shape index (κ2) is 7.98. The summed E-state index contributed by atoms with van der Waals surface area (Å²) >= 11 is 3.36. The van der Waals surface area contributed by atoms with Crippen LogP contribution in [0.2, 0.25) is 0 Å². The predicted molar refractivity (Wildman–Crippen MR) is 89.7 cm³/mol. The van der Waals surface area contributed by atoms with Gasteiger partial charge in [-0.05, 0) is 40.8 Å². The summed E-state index contributed by atoms with van der Waals surface area (Å²) in [5.41, 5.74) is 2.01. The van der Waals surface area contributed by atoms with Gasteiger partial charge in [0.2, 0.25) is 0 Å². The first-order valence-corrected chi connectivity index (χ1v) is 8.05.